The first-order valence-electron chi connectivity index (χ1n) is 8.81. The van der Waals surface area contributed by atoms with Gasteiger partial charge in [-0.05, 0) is 32.1 Å². The maximum absolute atomic E-state index is 13.7. The van der Waals surface area contributed by atoms with E-state index in [9.17, 15) is 4.39 Å². The SMILES string of the molecule is C=CCOCC1=C(CF)O[C@@H]2O[C@]3(C)CCC4CCC[C@@H]1[C@]42OO3. The molecule has 4 fully saturated rings. The lowest BCUT2D eigenvalue weighted by Gasteiger charge is -2.56. The minimum absolute atomic E-state index is 0.00628. The highest BCUT2D eigenvalue weighted by atomic mass is 19.1. The van der Waals surface area contributed by atoms with Gasteiger partial charge in [-0.1, -0.05) is 12.5 Å². The van der Waals surface area contributed by atoms with Gasteiger partial charge in [-0.3, -0.25) is 0 Å². The number of hydrogen-bond donors (Lipinski definition) is 0. The molecule has 0 amide bonds. The van der Waals surface area contributed by atoms with Crippen LogP contribution in [0.2, 0.25) is 0 Å². The molecule has 6 heteroatoms. The molecule has 1 aliphatic carbocycles. The number of allylic oxidation sites excluding steroid dienone is 1. The fraction of sp³-hybridized carbons (Fsp3) is 0.778. The third kappa shape index (κ3) is 2.35. The summed E-state index contributed by atoms with van der Waals surface area (Å²) >= 11 is 0. The normalized spacial score (nSPS) is 43.8. The van der Waals surface area contributed by atoms with Crippen LogP contribution in [0, 0.1) is 11.8 Å². The van der Waals surface area contributed by atoms with E-state index in [0.29, 0.717) is 19.0 Å². The first-order valence-corrected chi connectivity index (χ1v) is 8.81. The molecule has 0 aromatic heterocycles. The van der Waals surface area contributed by atoms with Gasteiger partial charge in [0.15, 0.2) is 5.60 Å². The predicted octanol–water partition coefficient (Wildman–Crippen LogP) is 3.41. The van der Waals surface area contributed by atoms with E-state index in [1.54, 1.807) is 6.08 Å². The zero-order valence-corrected chi connectivity index (χ0v) is 14.1. The van der Waals surface area contributed by atoms with Gasteiger partial charge in [0.05, 0.1) is 13.2 Å². The Morgan fingerprint density at radius 3 is 3.00 bits per heavy atom. The van der Waals surface area contributed by atoms with E-state index in [-0.39, 0.29) is 11.8 Å². The second-order valence-corrected chi connectivity index (χ2v) is 7.33. The Balaban J connectivity index is 1.73. The summed E-state index contributed by atoms with van der Waals surface area (Å²) < 4.78 is 31.4. The van der Waals surface area contributed by atoms with Crippen molar-refractivity contribution in [3.63, 3.8) is 0 Å². The largest absolute Gasteiger partial charge is 0.463 e. The van der Waals surface area contributed by atoms with Crippen LogP contribution in [0.15, 0.2) is 24.0 Å². The van der Waals surface area contributed by atoms with Crippen LogP contribution in [0.1, 0.15) is 39.0 Å². The molecule has 5 rings (SSSR count). The maximum Gasteiger partial charge on any atom is 0.235 e. The fourth-order valence-corrected chi connectivity index (χ4v) is 4.74. The first kappa shape index (κ1) is 16.5. The van der Waals surface area contributed by atoms with Gasteiger partial charge >= 0.3 is 0 Å². The molecule has 5 aliphatic rings. The fourth-order valence-electron chi connectivity index (χ4n) is 4.74. The van der Waals surface area contributed by atoms with Crippen LogP contribution in [-0.4, -0.2) is 37.6 Å². The van der Waals surface area contributed by atoms with Crippen molar-refractivity contribution in [3.05, 3.63) is 24.0 Å². The molecule has 0 aromatic rings. The quantitative estimate of drug-likeness (QED) is 0.436. The summed E-state index contributed by atoms with van der Waals surface area (Å²) in [5.74, 6) is -0.217. The summed E-state index contributed by atoms with van der Waals surface area (Å²) in [5.41, 5.74) is 0.151. The van der Waals surface area contributed by atoms with E-state index in [0.717, 1.165) is 37.7 Å². The molecule has 4 aliphatic heterocycles. The molecule has 1 saturated carbocycles. The number of rotatable bonds is 5. The highest BCUT2D eigenvalue weighted by Crippen LogP contribution is 2.58. The van der Waals surface area contributed by atoms with Gasteiger partial charge in [0, 0.05) is 17.9 Å². The standard InChI is InChI=1S/C18H25FO5/c1-3-9-20-11-13-14-6-4-5-12-7-8-17(2)22-16(21-15(13)10-19)18(12,14)24-23-17/h3,12,14,16H,1,4-11H2,2H3/t12?,14-,16+,17-,18+/m0/s1. The zero-order chi connectivity index (χ0) is 16.8. The van der Waals surface area contributed by atoms with Crippen LogP contribution < -0.4 is 0 Å². The van der Waals surface area contributed by atoms with E-state index in [4.69, 9.17) is 24.0 Å². The van der Waals surface area contributed by atoms with Crippen molar-refractivity contribution >= 4 is 0 Å². The van der Waals surface area contributed by atoms with E-state index in [1.807, 2.05) is 6.92 Å². The molecule has 4 heterocycles. The Labute approximate surface area is 141 Å². The lowest BCUT2D eigenvalue weighted by atomic mass is 9.63. The van der Waals surface area contributed by atoms with Crippen molar-refractivity contribution in [3.8, 4) is 0 Å². The summed E-state index contributed by atoms with van der Waals surface area (Å²) in [4.78, 5) is 11.7. The number of fused-ring (bicyclic) bond motifs is 2. The van der Waals surface area contributed by atoms with Crippen molar-refractivity contribution in [2.75, 3.05) is 19.9 Å². The van der Waals surface area contributed by atoms with Gasteiger partial charge in [-0.15, -0.1) is 6.58 Å². The molecule has 2 bridgehead atoms. The van der Waals surface area contributed by atoms with Crippen LogP contribution in [0.3, 0.4) is 0 Å². The van der Waals surface area contributed by atoms with Gasteiger partial charge in [-0.2, -0.15) is 0 Å². The molecule has 3 saturated heterocycles. The Morgan fingerprint density at radius 2 is 2.21 bits per heavy atom. The topological polar surface area (TPSA) is 46.2 Å². The second kappa shape index (κ2) is 6.09. The molecule has 5 nitrogen and oxygen atoms in total. The smallest absolute Gasteiger partial charge is 0.235 e. The van der Waals surface area contributed by atoms with Gasteiger partial charge in [0.25, 0.3) is 0 Å². The average molecular weight is 340 g/mol. The third-order valence-electron chi connectivity index (χ3n) is 5.90. The van der Waals surface area contributed by atoms with Crippen LogP contribution in [0.25, 0.3) is 0 Å². The zero-order valence-electron chi connectivity index (χ0n) is 14.1. The predicted molar refractivity (Wildman–Crippen MR) is 83.3 cm³/mol. The molecule has 24 heavy (non-hydrogen) atoms. The van der Waals surface area contributed by atoms with Crippen LogP contribution in [-0.2, 0) is 24.0 Å². The van der Waals surface area contributed by atoms with E-state index in [2.05, 4.69) is 6.58 Å². The number of hydrogen-bond acceptors (Lipinski definition) is 5. The number of alkyl halides is 1. The lowest BCUT2D eigenvalue weighted by Crippen LogP contribution is -2.66. The first-order chi connectivity index (χ1) is 11.6. The highest BCUT2D eigenvalue weighted by Gasteiger charge is 2.67. The number of ether oxygens (including phenoxy) is 3. The molecule has 1 spiro atoms. The Bertz CT molecular complexity index is 550. The molecule has 1 unspecified atom stereocenters. The van der Waals surface area contributed by atoms with Crippen molar-refractivity contribution in [1.82, 2.24) is 0 Å². The van der Waals surface area contributed by atoms with Gasteiger partial charge < -0.3 is 14.2 Å². The highest BCUT2D eigenvalue weighted by molar-refractivity contribution is 5.26. The molecule has 5 atom stereocenters. The molecule has 0 N–H and O–H groups in total. The van der Waals surface area contributed by atoms with Crippen molar-refractivity contribution in [2.24, 2.45) is 11.8 Å². The average Bonchev–Trinajstić information content (AvgIpc) is 2.81. The number of halogens is 1. The maximum atomic E-state index is 13.7. The Hall–Kier alpha value is -0.950. The van der Waals surface area contributed by atoms with Gasteiger partial charge in [0.2, 0.25) is 12.1 Å². The molecular formula is C18H25FO5. The van der Waals surface area contributed by atoms with Gasteiger partial charge in [-0.25, -0.2) is 14.2 Å². The molecule has 0 radical (unpaired) electrons. The summed E-state index contributed by atoms with van der Waals surface area (Å²) in [7, 11) is 0. The second-order valence-electron chi connectivity index (χ2n) is 7.33. The summed E-state index contributed by atoms with van der Waals surface area (Å²) in [6.45, 7) is 5.58. The monoisotopic (exact) mass is 340 g/mol. The molecular weight excluding hydrogens is 315 g/mol. The summed E-state index contributed by atoms with van der Waals surface area (Å²) in [6, 6.07) is 0. The van der Waals surface area contributed by atoms with Crippen molar-refractivity contribution in [2.45, 2.75) is 56.7 Å². The minimum atomic E-state index is -0.823. The Kier molecular flexibility index (Phi) is 4.19. The summed E-state index contributed by atoms with van der Waals surface area (Å²) in [5, 5.41) is 0. The van der Waals surface area contributed by atoms with Crippen LogP contribution >= 0.6 is 0 Å². The van der Waals surface area contributed by atoms with E-state index in [1.165, 1.54) is 0 Å². The van der Waals surface area contributed by atoms with E-state index < -0.39 is 24.4 Å². The lowest BCUT2D eigenvalue weighted by molar-refractivity contribution is -0.555. The van der Waals surface area contributed by atoms with E-state index >= 15 is 0 Å². The van der Waals surface area contributed by atoms with Crippen LogP contribution in [0.5, 0.6) is 0 Å². The summed E-state index contributed by atoms with van der Waals surface area (Å²) in [6.07, 6.45) is 5.79. The third-order valence-corrected chi connectivity index (χ3v) is 5.90. The van der Waals surface area contributed by atoms with Crippen molar-refractivity contribution in [1.29, 1.82) is 0 Å². The molecule has 134 valence electrons. The Morgan fingerprint density at radius 1 is 1.33 bits per heavy atom. The minimum Gasteiger partial charge on any atom is -0.463 e. The van der Waals surface area contributed by atoms with Crippen LogP contribution in [0.4, 0.5) is 4.39 Å². The van der Waals surface area contributed by atoms with Crippen molar-refractivity contribution < 1.29 is 28.4 Å². The van der Waals surface area contributed by atoms with Gasteiger partial charge in [0.1, 0.15) is 12.4 Å². The molecule has 0 aromatic carbocycles.